The second-order valence-corrected chi connectivity index (χ2v) is 8.04. The van der Waals surface area contributed by atoms with Crippen LogP contribution in [0.25, 0.3) is 22.0 Å². The quantitative estimate of drug-likeness (QED) is 0.523. The molecule has 0 radical (unpaired) electrons. The van der Waals surface area contributed by atoms with Crippen LogP contribution >= 0.6 is 0 Å². The Morgan fingerprint density at radius 3 is 2.68 bits per heavy atom. The number of hydrogen-bond acceptors (Lipinski definition) is 4. The Morgan fingerprint density at radius 1 is 1.13 bits per heavy atom. The predicted molar refractivity (Wildman–Crippen MR) is 117 cm³/mol. The van der Waals surface area contributed by atoms with Crippen LogP contribution in [0.1, 0.15) is 29.4 Å². The van der Waals surface area contributed by atoms with E-state index in [9.17, 15) is 9.18 Å². The van der Waals surface area contributed by atoms with Gasteiger partial charge in [-0.25, -0.2) is 4.39 Å². The molecule has 2 N–H and O–H groups in total. The summed E-state index contributed by atoms with van der Waals surface area (Å²) in [6.07, 6.45) is 6.13. The number of hydrogen-bond donors (Lipinski definition) is 2. The largest absolute Gasteiger partial charge is 0.321 e. The van der Waals surface area contributed by atoms with Crippen molar-refractivity contribution in [3.8, 4) is 11.1 Å². The van der Waals surface area contributed by atoms with E-state index in [1.165, 1.54) is 24.3 Å². The normalized spacial score (nSPS) is 15.4. The highest BCUT2D eigenvalue weighted by molar-refractivity contribution is 6.11. The summed E-state index contributed by atoms with van der Waals surface area (Å²) in [5.74, 6) is -0.703. The van der Waals surface area contributed by atoms with Gasteiger partial charge in [0.15, 0.2) is 5.69 Å². The molecule has 5 rings (SSSR count). The number of amides is 1. The van der Waals surface area contributed by atoms with Crippen molar-refractivity contribution < 1.29 is 9.18 Å². The first-order valence-electron chi connectivity index (χ1n) is 10.3. The smallest absolute Gasteiger partial charge is 0.276 e. The van der Waals surface area contributed by atoms with Gasteiger partial charge in [-0.15, -0.1) is 0 Å². The fraction of sp³-hybridized carbons (Fsp3) is 0.261. The fourth-order valence-electron chi connectivity index (χ4n) is 4.04. The average Bonchev–Trinajstić information content (AvgIpc) is 3.43. The van der Waals surface area contributed by atoms with E-state index in [0.717, 1.165) is 48.0 Å². The van der Waals surface area contributed by atoms with E-state index in [0.29, 0.717) is 17.4 Å². The minimum Gasteiger partial charge on any atom is -0.321 e. The minimum atomic E-state index is -0.353. The van der Waals surface area contributed by atoms with Crippen LogP contribution in [-0.4, -0.2) is 50.9 Å². The molecular weight excluding hydrogens is 395 g/mol. The van der Waals surface area contributed by atoms with Crippen LogP contribution in [0.3, 0.4) is 0 Å². The lowest BCUT2D eigenvalue weighted by Gasteiger charge is -2.28. The Balaban J connectivity index is 1.40. The summed E-state index contributed by atoms with van der Waals surface area (Å²) in [7, 11) is 2.15. The third-order valence-electron chi connectivity index (χ3n) is 5.88. The number of aromatic nitrogens is 4. The Hall–Kier alpha value is -3.52. The van der Waals surface area contributed by atoms with Crippen molar-refractivity contribution in [2.75, 3.05) is 25.5 Å². The second kappa shape index (κ2) is 7.96. The highest BCUT2D eigenvalue weighted by Gasteiger charge is 2.20. The molecule has 4 aromatic rings. The highest BCUT2D eigenvalue weighted by atomic mass is 19.1. The van der Waals surface area contributed by atoms with Crippen LogP contribution in [0.4, 0.5) is 10.1 Å². The molecule has 0 saturated carbocycles. The lowest BCUT2D eigenvalue weighted by Crippen LogP contribution is -2.31. The maximum absolute atomic E-state index is 13.1. The minimum absolute atomic E-state index is 0.295. The number of piperidine rings is 1. The van der Waals surface area contributed by atoms with Crippen LogP contribution in [0.2, 0.25) is 0 Å². The molecule has 2 aromatic heterocycles. The molecule has 0 atom stereocenters. The number of likely N-dealkylation sites (tertiary alicyclic amines) is 1. The SMILES string of the molecule is CN1CCC(n2cc(-c3ccc4[nH]nc(C(=O)Nc5ccc(F)cc5)c4c3)cn2)CC1. The van der Waals surface area contributed by atoms with Gasteiger partial charge in [0, 0.05) is 22.8 Å². The van der Waals surface area contributed by atoms with Gasteiger partial charge >= 0.3 is 0 Å². The molecule has 0 unspecified atom stereocenters. The Bertz CT molecular complexity index is 1220. The zero-order valence-corrected chi connectivity index (χ0v) is 17.2. The fourth-order valence-corrected chi connectivity index (χ4v) is 4.04. The van der Waals surface area contributed by atoms with Gasteiger partial charge in [0.05, 0.1) is 17.8 Å². The second-order valence-electron chi connectivity index (χ2n) is 8.04. The van der Waals surface area contributed by atoms with E-state index in [4.69, 9.17) is 0 Å². The van der Waals surface area contributed by atoms with E-state index >= 15 is 0 Å². The van der Waals surface area contributed by atoms with E-state index < -0.39 is 0 Å². The summed E-state index contributed by atoms with van der Waals surface area (Å²) in [4.78, 5) is 15.1. The van der Waals surface area contributed by atoms with E-state index in [1.54, 1.807) is 0 Å². The van der Waals surface area contributed by atoms with Crippen LogP contribution in [0, 0.1) is 5.82 Å². The molecule has 0 aliphatic carbocycles. The number of anilines is 1. The molecule has 0 bridgehead atoms. The summed E-state index contributed by atoms with van der Waals surface area (Å²) in [6, 6.07) is 11.9. The third kappa shape index (κ3) is 3.94. The van der Waals surface area contributed by atoms with Crippen LogP contribution in [0.5, 0.6) is 0 Å². The summed E-state index contributed by atoms with van der Waals surface area (Å²) in [6.45, 7) is 2.15. The Morgan fingerprint density at radius 2 is 1.90 bits per heavy atom. The van der Waals surface area contributed by atoms with E-state index in [1.807, 2.05) is 24.4 Å². The zero-order chi connectivity index (χ0) is 21.4. The number of rotatable bonds is 4. The number of halogens is 1. The van der Waals surface area contributed by atoms with Crippen LogP contribution < -0.4 is 5.32 Å². The van der Waals surface area contributed by atoms with Gasteiger partial charge in [0.25, 0.3) is 5.91 Å². The molecule has 0 spiro atoms. The molecule has 1 fully saturated rings. The molecule has 7 nitrogen and oxygen atoms in total. The van der Waals surface area contributed by atoms with Crippen molar-refractivity contribution in [3.63, 3.8) is 0 Å². The number of H-pyrrole nitrogens is 1. The van der Waals surface area contributed by atoms with Gasteiger partial charge in [0.1, 0.15) is 5.82 Å². The number of fused-ring (bicyclic) bond motifs is 1. The first-order valence-corrected chi connectivity index (χ1v) is 10.3. The van der Waals surface area contributed by atoms with Crippen molar-refractivity contribution in [1.82, 2.24) is 24.9 Å². The summed E-state index contributed by atoms with van der Waals surface area (Å²) in [5, 5.41) is 15.2. The average molecular weight is 418 g/mol. The highest BCUT2D eigenvalue weighted by Crippen LogP contribution is 2.28. The number of benzene rings is 2. The van der Waals surface area contributed by atoms with Gasteiger partial charge in [0.2, 0.25) is 0 Å². The monoisotopic (exact) mass is 418 g/mol. The first-order chi connectivity index (χ1) is 15.1. The van der Waals surface area contributed by atoms with Crippen LogP contribution in [0.15, 0.2) is 54.9 Å². The molecule has 1 amide bonds. The lowest BCUT2D eigenvalue weighted by atomic mass is 10.0. The van der Waals surface area contributed by atoms with Gasteiger partial charge in [-0.2, -0.15) is 10.2 Å². The standard InChI is InChI=1S/C23H23FN6O/c1-29-10-8-19(9-11-29)30-14-16(13-25-30)15-2-7-21-20(12-15)22(28-27-21)23(31)26-18-5-3-17(24)4-6-18/h2-7,12-14,19H,8-11H2,1H3,(H,26,31)(H,27,28). The third-order valence-corrected chi connectivity index (χ3v) is 5.88. The van der Waals surface area contributed by atoms with Crippen molar-refractivity contribution in [2.45, 2.75) is 18.9 Å². The van der Waals surface area contributed by atoms with Gasteiger partial charge in [-0.1, -0.05) is 6.07 Å². The molecule has 1 aliphatic heterocycles. The number of carbonyl (C=O) groups excluding carboxylic acids is 1. The summed E-state index contributed by atoms with van der Waals surface area (Å²) >= 11 is 0. The van der Waals surface area contributed by atoms with Crippen molar-refractivity contribution in [3.05, 3.63) is 66.4 Å². The topological polar surface area (TPSA) is 78.8 Å². The molecule has 8 heteroatoms. The van der Waals surface area contributed by atoms with Crippen molar-refractivity contribution >= 4 is 22.5 Å². The Labute approximate surface area is 178 Å². The van der Waals surface area contributed by atoms with E-state index in [-0.39, 0.29) is 11.7 Å². The lowest BCUT2D eigenvalue weighted by molar-refractivity contribution is 0.102. The van der Waals surface area contributed by atoms with E-state index in [2.05, 4.69) is 43.4 Å². The van der Waals surface area contributed by atoms with Gasteiger partial charge < -0.3 is 10.2 Å². The molecule has 158 valence electrons. The molecule has 31 heavy (non-hydrogen) atoms. The van der Waals surface area contributed by atoms with Crippen molar-refractivity contribution in [2.24, 2.45) is 0 Å². The zero-order valence-electron chi connectivity index (χ0n) is 17.2. The molecule has 1 aliphatic rings. The maximum Gasteiger partial charge on any atom is 0.276 e. The summed E-state index contributed by atoms with van der Waals surface area (Å²) < 4.78 is 15.2. The van der Waals surface area contributed by atoms with Crippen LogP contribution in [-0.2, 0) is 0 Å². The molecular formula is C23H23FN6O. The summed E-state index contributed by atoms with van der Waals surface area (Å²) in [5.41, 5.74) is 3.56. The number of nitrogens with one attached hydrogen (secondary N) is 2. The van der Waals surface area contributed by atoms with Gasteiger partial charge in [-0.05, 0) is 74.9 Å². The Kier molecular flexibility index (Phi) is 4.99. The number of nitrogens with zero attached hydrogens (tertiary/aromatic N) is 4. The molecule has 1 saturated heterocycles. The number of aromatic amines is 1. The predicted octanol–water partition coefficient (Wildman–Crippen LogP) is 4.08. The van der Waals surface area contributed by atoms with Gasteiger partial charge in [-0.3, -0.25) is 14.6 Å². The first kappa shape index (κ1) is 19.4. The molecule has 3 heterocycles. The number of carbonyl (C=O) groups is 1. The van der Waals surface area contributed by atoms with Crippen molar-refractivity contribution in [1.29, 1.82) is 0 Å². The maximum atomic E-state index is 13.1. The molecule has 2 aromatic carbocycles.